The van der Waals surface area contributed by atoms with Crippen molar-refractivity contribution < 1.29 is 25.6 Å². The van der Waals surface area contributed by atoms with Gasteiger partial charge in [-0.2, -0.15) is 16.8 Å². The molecule has 0 spiro atoms. The van der Waals surface area contributed by atoms with Crippen molar-refractivity contribution in [1.82, 2.24) is 0 Å². The van der Waals surface area contributed by atoms with Gasteiger partial charge in [0, 0.05) is 5.56 Å². The van der Waals surface area contributed by atoms with Crippen LogP contribution in [-0.2, 0) is 33.1 Å². The van der Waals surface area contributed by atoms with E-state index in [2.05, 4.69) is 0 Å². The summed E-state index contributed by atoms with van der Waals surface area (Å²) in [5.74, 6) is -0.0117. The summed E-state index contributed by atoms with van der Waals surface area (Å²) in [5.41, 5.74) is 2.39. The van der Waals surface area contributed by atoms with Gasteiger partial charge in [-0.25, -0.2) is 0 Å². The van der Waals surface area contributed by atoms with E-state index >= 15 is 0 Å². The Balaban J connectivity index is 1.95. The van der Waals surface area contributed by atoms with Crippen LogP contribution in [0.3, 0.4) is 0 Å². The Morgan fingerprint density at radius 2 is 1.49 bits per heavy atom. The minimum atomic E-state index is -4.44. The largest absolute Gasteiger partial charge is 0.379 e. The Morgan fingerprint density at radius 1 is 0.829 bits per heavy atom. The van der Waals surface area contributed by atoms with Crippen molar-refractivity contribution in [3.05, 3.63) is 64.7 Å². The minimum Gasteiger partial charge on any atom is -0.379 e. The van der Waals surface area contributed by atoms with Crippen molar-refractivity contribution >= 4 is 31.0 Å². The third-order valence-corrected chi connectivity index (χ3v) is 8.99. The maximum Gasteiger partial charge on any atom is 0.339 e. The predicted octanol–water partition coefficient (Wildman–Crippen LogP) is 6.37. The van der Waals surface area contributed by atoms with Gasteiger partial charge in [-0.15, -0.1) is 0 Å². The summed E-state index contributed by atoms with van der Waals surface area (Å²) in [4.78, 5) is 0.0121. The lowest BCUT2D eigenvalue weighted by molar-refractivity contribution is 0.476. The first-order valence-corrected chi connectivity index (χ1v) is 14.9. The Labute approximate surface area is 208 Å². The van der Waals surface area contributed by atoms with Crippen LogP contribution in [0.4, 0.5) is 0 Å². The molecule has 0 radical (unpaired) electrons. The lowest BCUT2D eigenvalue weighted by atomic mass is 9.90. The van der Waals surface area contributed by atoms with Crippen LogP contribution in [0.2, 0.25) is 0 Å². The van der Waals surface area contributed by atoms with Gasteiger partial charge in [-0.1, -0.05) is 58.4 Å². The highest BCUT2D eigenvalue weighted by Gasteiger charge is 2.31. The molecular formula is C27H32O6S2. The third-order valence-electron chi connectivity index (χ3n) is 6.69. The van der Waals surface area contributed by atoms with E-state index in [9.17, 15) is 21.4 Å². The lowest BCUT2D eigenvalue weighted by Crippen LogP contribution is -2.18. The van der Waals surface area contributed by atoms with Crippen LogP contribution in [-0.4, -0.2) is 21.4 Å². The summed E-state index contributed by atoms with van der Waals surface area (Å²) in [6.07, 6.45) is 3.33. The molecule has 3 aromatic carbocycles. The van der Waals surface area contributed by atoms with E-state index in [1.807, 2.05) is 58.0 Å². The summed E-state index contributed by atoms with van der Waals surface area (Å²) in [6.45, 7) is 7.86. The number of fused-ring (bicyclic) bond motifs is 2. The fourth-order valence-electron chi connectivity index (χ4n) is 5.12. The van der Waals surface area contributed by atoms with Crippen LogP contribution in [0.5, 0.6) is 5.75 Å². The summed E-state index contributed by atoms with van der Waals surface area (Å²) >= 11 is 0. The molecule has 0 aromatic heterocycles. The van der Waals surface area contributed by atoms with E-state index in [0.29, 0.717) is 35.1 Å². The highest BCUT2D eigenvalue weighted by molar-refractivity contribution is 7.87. The fourth-order valence-corrected chi connectivity index (χ4v) is 7.57. The molecule has 0 unspecified atom stereocenters. The highest BCUT2D eigenvalue weighted by Crippen LogP contribution is 2.40. The second-order valence-electron chi connectivity index (χ2n) is 9.83. The molecule has 8 heteroatoms. The Bertz CT molecular complexity index is 1490. The predicted molar refractivity (Wildman–Crippen MR) is 137 cm³/mol. The molecule has 4 rings (SSSR count). The van der Waals surface area contributed by atoms with Crippen molar-refractivity contribution in [2.45, 2.75) is 81.4 Å². The molecule has 0 saturated heterocycles. The minimum absolute atomic E-state index is 0.0653. The van der Waals surface area contributed by atoms with Crippen LogP contribution in [0.15, 0.2) is 52.3 Å². The van der Waals surface area contributed by atoms with E-state index in [4.69, 9.17) is 4.18 Å². The Kier molecular flexibility index (Phi) is 7.01. The van der Waals surface area contributed by atoms with Gasteiger partial charge in [0.15, 0.2) is 0 Å². The average molecular weight is 517 g/mol. The quantitative estimate of drug-likeness (QED) is 0.232. The number of hydrogen-bond donors (Lipinski definition) is 1. The van der Waals surface area contributed by atoms with E-state index in [1.165, 1.54) is 12.1 Å². The van der Waals surface area contributed by atoms with Crippen molar-refractivity contribution in [2.75, 3.05) is 0 Å². The number of rotatable bonds is 6. The zero-order valence-electron chi connectivity index (χ0n) is 20.5. The average Bonchev–Trinajstić information content (AvgIpc) is 3.03. The standard InChI is InChI=1S/C27H32O6S2/c1-17(2)23-16-19-10-8-9-11-20(19)26(18(3)4)27(23)35(31,32)33-24-14-15-25(34(28,29)30)22-13-7-5-6-12-21(22)24/h8-11,14-18H,5-7,12-13H2,1-4H3,(H,28,29,30). The zero-order chi connectivity index (χ0) is 25.5. The first kappa shape index (κ1) is 25.7. The van der Waals surface area contributed by atoms with Crippen molar-refractivity contribution in [2.24, 2.45) is 0 Å². The van der Waals surface area contributed by atoms with Crippen molar-refractivity contribution in [3.63, 3.8) is 0 Å². The van der Waals surface area contributed by atoms with Gasteiger partial charge in [-0.05, 0) is 83.2 Å². The van der Waals surface area contributed by atoms with Crippen LogP contribution in [0, 0.1) is 0 Å². The van der Waals surface area contributed by atoms with Gasteiger partial charge in [0.2, 0.25) is 0 Å². The smallest absolute Gasteiger partial charge is 0.339 e. The Morgan fingerprint density at radius 3 is 2.11 bits per heavy atom. The zero-order valence-corrected chi connectivity index (χ0v) is 22.2. The second-order valence-corrected chi connectivity index (χ2v) is 12.7. The molecule has 0 atom stereocenters. The molecule has 1 aliphatic carbocycles. The molecule has 0 aliphatic heterocycles. The normalized spacial score (nSPS) is 14.8. The van der Waals surface area contributed by atoms with Crippen molar-refractivity contribution in [3.8, 4) is 5.75 Å². The summed E-state index contributed by atoms with van der Waals surface area (Å²) in [7, 11) is -8.70. The maximum atomic E-state index is 14.0. The topological polar surface area (TPSA) is 97.7 Å². The number of benzene rings is 3. The van der Waals surface area contributed by atoms with E-state index < -0.39 is 20.2 Å². The SMILES string of the molecule is CC(C)c1cc2ccccc2c(C(C)C)c1S(=O)(=O)Oc1ccc(S(=O)(=O)O)c2c1CCCCC2. The Hall–Kier alpha value is -2.42. The van der Waals surface area contributed by atoms with Crippen LogP contribution in [0.25, 0.3) is 10.8 Å². The van der Waals surface area contributed by atoms with Crippen LogP contribution >= 0.6 is 0 Å². The van der Waals surface area contributed by atoms with Gasteiger partial charge in [0.05, 0.1) is 4.90 Å². The molecule has 0 saturated carbocycles. The molecule has 0 heterocycles. The molecule has 1 N–H and O–H groups in total. The molecule has 188 valence electrons. The maximum absolute atomic E-state index is 14.0. The molecule has 3 aromatic rings. The van der Waals surface area contributed by atoms with E-state index in [0.717, 1.165) is 30.0 Å². The molecule has 0 amide bonds. The first-order valence-electron chi connectivity index (χ1n) is 12.0. The van der Waals surface area contributed by atoms with E-state index in [-0.39, 0.29) is 27.4 Å². The first-order chi connectivity index (χ1) is 16.4. The second kappa shape index (κ2) is 9.56. The lowest BCUT2D eigenvalue weighted by Gasteiger charge is -2.23. The molecule has 35 heavy (non-hydrogen) atoms. The van der Waals surface area contributed by atoms with Gasteiger partial charge >= 0.3 is 10.1 Å². The summed E-state index contributed by atoms with van der Waals surface area (Å²) in [6, 6.07) is 12.3. The fraction of sp³-hybridized carbons (Fsp3) is 0.407. The van der Waals surface area contributed by atoms with Crippen molar-refractivity contribution in [1.29, 1.82) is 0 Å². The molecule has 1 aliphatic rings. The monoisotopic (exact) mass is 516 g/mol. The molecule has 0 bridgehead atoms. The summed E-state index contributed by atoms with van der Waals surface area (Å²) < 4.78 is 67.5. The summed E-state index contributed by atoms with van der Waals surface area (Å²) in [5, 5.41) is 1.85. The molecular weight excluding hydrogens is 484 g/mol. The van der Waals surface area contributed by atoms with E-state index in [1.54, 1.807) is 0 Å². The highest BCUT2D eigenvalue weighted by atomic mass is 32.2. The van der Waals surface area contributed by atoms with Crippen LogP contribution in [0.1, 0.15) is 81.0 Å². The van der Waals surface area contributed by atoms with Gasteiger partial charge in [0.1, 0.15) is 10.6 Å². The molecule has 6 nitrogen and oxygen atoms in total. The van der Waals surface area contributed by atoms with Gasteiger partial charge in [0.25, 0.3) is 10.1 Å². The number of hydrogen-bond acceptors (Lipinski definition) is 5. The van der Waals surface area contributed by atoms with Crippen LogP contribution < -0.4 is 4.18 Å². The van der Waals surface area contributed by atoms with Gasteiger partial charge in [-0.3, -0.25) is 4.55 Å². The van der Waals surface area contributed by atoms with Gasteiger partial charge < -0.3 is 4.18 Å². The third kappa shape index (κ3) is 4.97. The molecule has 0 fully saturated rings.